The van der Waals surface area contributed by atoms with Gasteiger partial charge in [0.1, 0.15) is 5.75 Å². The van der Waals surface area contributed by atoms with Crippen molar-refractivity contribution in [2.75, 3.05) is 20.2 Å². The van der Waals surface area contributed by atoms with Crippen LogP contribution >= 0.6 is 0 Å². The average molecular weight is 236 g/mol. The van der Waals surface area contributed by atoms with E-state index in [1.54, 1.807) is 7.11 Å². The van der Waals surface area contributed by atoms with E-state index in [1.807, 2.05) is 0 Å². The van der Waals surface area contributed by atoms with Crippen LogP contribution in [0.25, 0.3) is 0 Å². The summed E-state index contributed by atoms with van der Waals surface area (Å²) in [5, 5.41) is 0. The zero-order valence-electron chi connectivity index (χ0n) is 11.0. The molecular formula is C14H24N2O. The highest BCUT2D eigenvalue weighted by molar-refractivity contribution is 5.44. The van der Waals surface area contributed by atoms with Gasteiger partial charge in [0.2, 0.25) is 0 Å². The summed E-state index contributed by atoms with van der Waals surface area (Å²) in [7, 11) is 1.74. The minimum atomic E-state index is 0.717. The molecule has 0 fully saturated rings. The molecule has 0 atom stereocenters. The van der Waals surface area contributed by atoms with Gasteiger partial charge in [-0.25, -0.2) is 0 Å². The van der Waals surface area contributed by atoms with E-state index in [9.17, 15) is 0 Å². The van der Waals surface area contributed by atoms with Crippen LogP contribution in [-0.2, 0) is 12.8 Å². The van der Waals surface area contributed by atoms with Gasteiger partial charge in [-0.1, -0.05) is 17.7 Å². The Morgan fingerprint density at radius 1 is 1.00 bits per heavy atom. The molecule has 1 aromatic carbocycles. The van der Waals surface area contributed by atoms with E-state index >= 15 is 0 Å². The Bertz CT molecular complexity index is 321. The van der Waals surface area contributed by atoms with Gasteiger partial charge in [-0.3, -0.25) is 0 Å². The second kappa shape index (κ2) is 7.30. The van der Waals surface area contributed by atoms with Crippen molar-refractivity contribution < 1.29 is 4.74 Å². The molecule has 0 aliphatic carbocycles. The van der Waals surface area contributed by atoms with E-state index in [0.29, 0.717) is 0 Å². The molecule has 17 heavy (non-hydrogen) atoms. The third-order valence-electron chi connectivity index (χ3n) is 2.89. The quantitative estimate of drug-likeness (QED) is 0.758. The predicted octanol–water partition coefficient (Wildman–Crippen LogP) is 1.79. The maximum atomic E-state index is 5.57. The summed E-state index contributed by atoms with van der Waals surface area (Å²) in [5.74, 6) is 1.03. The second-order valence-corrected chi connectivity index (χ2v) is 4.40. The van der Waals surface area contributed by atoms with Crippen molar-refractivity contribution >= 4 is 0 Å². The molecule has 0 spiro atoms. The van der Waals surface area contributed by atoms with Crippen LogP contribution in [0.5, 0.6) is 5.75 Å². The fraction of sp³-hybridized carbons (Fsp3) is 0.571. The van der Waals surface area contributed by atoms with Crippen molar-refractivity contribution in [3.8, 4) is 5.75 Å². The molecule has 3 heteroatoms. The molecule has 3 nitrogen and oxygen atoms in total. The van der Waals surface area contributed by atoms with Crippen LogP contribution in [0.2, 0.25) is 0 Å². The molecule has 0 amide bonds. The standard InChI is InChI=1S/C14H24N2O/c1-11-9-12(5-3-7-15)14(17-2)13(10-11)6-4-8-16/h9-10H,3-8,15-16H2,1-2H3. The molecule has 0 aliphatic rings. The van der Waals surface area contributed by atoms with Crippen molar-refractivity contribution in [3.63, 3.8) is 0 Å². The number of rotatable bonds is 7. The van der Waals surface area contributed by atoms with Gasteiger partial charge in [-0.15, -0.1) is 0 Å². The molecule has 4 N–H and O–H groups in total. The number of methoxy groups -OCH3 is 1. The van der Waals surface area contributed by atoms with Gasteiger partial charge in [-0.05, 0) is 56.8 Å². The summed E-state index contributed by atoms with van der Waals surface area (Å²) >= 11 is 0. The Labute approximate surface area is 104 Å². The highest BCUT2D eigenvalue weighted by atomic mass is 16.5. The summed E-state index contributed by atoms with van der Waals surface area (Å²) in [4.78, 5) is 0. The highest BCUT2D eigenvalue weighted by Gasteiger charge is 2.09. The van der Waals surface area contributed by atoms with Gasteiger partial charge in [0, 0.05) is 0 Å². The Hall–Kier alpha value is -1.06. The highest BCUT2D eigenvalue weighted by Crippen LogP contribution is 2.27. The lowest BCUT2D eigenvalue weighted by Crippen LogP contribution is -2.05. The maximum absolute atomic E-state index is 5.57. The minimum Gasteiger partial charge on any atom is -0.496 e. The zero-order valence-corrected chi connectivity index (χ0v) is 11.0. The van der Waals surface area contributed by atoms with Crippen LogP contribution in [0.3, 0.4) is 0 Å². The van der Waals surface area contributed by atoms with Crippen LogP contribution in [-0.4, -0.2) is 20.2 Å². The summed E-state index contributed by atoms with van der Waals surface area (Å²) in [5.41, 5.74) is 15.0. The molecule has 1 rings (SSSR count). The summed E-state index contributed by atoms with van der Waals surface area (Å²) in [6, 6.07) is 4.39. The average Bonchev–Trinajstić information content (AvgIpc) is 2.33. The second-order valence-electron chi connectivity index (χ2n) is 4.40. The lowest BCUT2D eigenvalue weighted by molar-refractivity contribution is 0.403. The fourth-order valence-electron chi connectivity index (χ4n) is 2.15. The largest absolute Gasteiger partial charge is 0.496 e. The molecule has 0 bridgehead atoms. The number of aryl methyl sites for hydroxylation is 3. The summed E-state index contributed by atoms with van der Waals surface area (Å²) in [6.45, 7) is 3.56. The van der Waals surface area contributed by atoms with E-state index in [4.69, 9.17) is 16.2 Å². The smallest absolute Gasteiger partial charge is 0.125 e. The monoisotopic (exact) mass is 236 g/mol. The lowest BCUT2D eigenvalue weighted by atomic mass is 9.98. The lowest BCUT2D eigenvalue weighted by Gasteiger charge is -2.15. The van der Waals surface area contributed by atoms with Gasteiger partial charge in [-0.2, -0.15) is 0 Å². The first-order valence-electron chi connectivity index (χ1n) is 6.29. The number of hydrogen-bond donors (Lipinski definition) is 2. The Balaban J connectivity index is 2.97. The molecule has 1 aromatic rings. The molecule has 0 aromatic heterocycles. The maximum Gasteiger partial charge on any atom is 0.125 e. The van der Waals surface area contributed by atoms with Crippen LogP contribution in [0.15, 0.2) is 12.1 Å². The third-order valence-corrected chi connectivity index (χ3v) is 2.89. The first kappa shape index (κ1) is 14.0. The van der Waals surface area contributed by atoms with Crippen LogP contribution in [0.4, 0.5) is 0 Å². The first-order valence-corrected chi connectivity index (χ1v) is 6.29. The SMILES string of the molecule is COc1c(CCCN)cc(C)cc1CCCN. The first-order chi connectivity index (χ1) is 8.22. The number of ether oxygens (including phenoxy) is 1. The van der Waals surface area contributed by atoms with Gasteiger partial charge >= 0.3 is 0 Å². The molecule has 0 aliphatic heterocycles. The molecular weight excluding hydrogens is 212 g/mol. The van der Waals surface area contributed by atoms with Crippen molar-refractivity contribution in [2.45, 2.75) is 32.6 Å². The number of nitrogens with two attached hydrogens (primary N) is 2. The van der Waals surface area contributed by atoms with E-state index in [-0.39, 0.29) is 0 Å². The third kappa shape index (κ3) is 4.02. The van der Waals surface area contributed by atoms with E-state index < -0.39 is 0 Å². The van der Waals surface area contributed by atoms with Crippen molar-refractivity contribution in [3.05, 3.63) is 28.8 Å². The van der Waals surface area contributed by atoms with Gasteiger partial charge in [0.05, 0.1) is 7.11 Å². The molecule has 0 unspecified atom stereocenters. The molecule has 96 valence electrons. The van der Waals surface area contributed by atoms with Crippen molar-refractivity contribution in [1.29, 1.82) is 0 Å². The Morgan fingerprint density at radius 3 is 1.82 bits per heavy atom. The van der Waals surface area contributed by atoms with E-state index in [1.165, 1.54) is 16.7 Å². The molecule has 0 saturated heterocycles. The zero-order chi connectivity index (χ0) is 12.7. The Kier molecular flexibility index (Phi) is 6.01. The van der Waals surface area contributed by atoms with Crippen molar-refractivity contribution in [2.24, 2.45) is 11.5 Å². The van der Waals surface area contributed by atoms with E-state index in [2.05, 4.69) is 19.1 Å². The number of benzene rings is 1. The Morgan fingerprint density at radius 2 is 1.47 bits per heavy atom. The molecule has 0 saturated carbocycles. The van der Waals surface area contributed by atoms with Crippen LogP contribution in [0, 0.1) is 6.92 Å². The number of hydrogen-bond acceptors (Lipinski definition) is 3. The molecule has 0 radical (unpaired) electrons. The fourth-order valence-corrected chi connectivity index (χ4v) is 2.15. The predicted molar refractivity (Wildman–Crippen MR) is 72.5 cm³/mol. The van der Waals surface area contributed by atoms with Crippen LogP contribution in [0.1, 0.15) is 29.5 Å². The van der Waals surface area contributed by atoms with Gasteiger partial charge < -0.3 is 16.2 Å². The topological polar surface area (TPSA) is 61.3 Å². The van der Waals surface area contributed by atoms with E-state index in [0.717, 1.165) is 44.5 Å². The van der Waals surface area contributed by atoms with Crippen LogP contribution < -0.4 is 16.2 Å². The minimum absolute atomic E-state index is 0.717. The van der Waals surface area contributed by atoms with Gasteiger partial charge in [0.25, 0.3) is 0 Å². The molecule has 0 heterocycles. The normalized spacial score (nSPS) is 10.6. The van der Waals surface area contributed by atoms with Crippen molar-refractivity contribution in [1.82, 2.24) is 0 Å². The summed E-state index contributed by atoms with van der Waals surface area (Å²) < 4.78 is 5.54. The summed E-state index contributed by atoms with van der Waals surface area (Å²) in [6.07, 6.45) is 3.96. The van der Waals surface area contributed by atoms with Gasteiger partial charge in [0.15, 0.2) is 0 Å².